The molecule has 0 heterocycles. The van der Waals surface area contributed by atoms with Gasteiger partial charge in [-0.25, -0.2) is 4.79 Å². The molecule has 5 heteroatoms. The molecule has 26 heavy (non-hydrogen) atoms. The van der Waals surface area contributed by atoms with Crippen molar-refractivity contribution in [3.63, 3.8) is 0 Å². The summed E-state index contributed by atoms with van der Waals surface area (Å²) in [5.41, 5.74) is 1.70. The van der Waals surface area contributed by atoms with Gasteiger partial charge in [-0.2, -0.15) is 0 Å². The molecule has 0 spiro atoms. The fraction of sp³-hybridized carbons (Fsp3) is 0.0952. The second-order valence-corrected chi connectivity index (χ2v) is 5.65. The molecule has 3 aromatic rings. The molecule has 0 amide bonds. The number of nitrogens with zero attached hydrogens (tertiary/aromatic N) is 1. The van der Waals surface area contributed by atoms with E-state index in [9.17, 15) is 9.59 Å². The van der Waals surface area contributed by atoms with Gasteiger partial charge in [-0.3, -0.25) is 4.79 Å². The van der Waals surface area contributed by atoms with Crippen LogP contribution in [0, 0.1) is 0 Å². The van der Waals surface area contributed by atoms with E-state index < -0.39 is 11.9 Å². The maximum Gasteiger partial charge on any atom is 0.332 e. The van der Waals surface area contributed by atoms with Crippen molar-refractivity contribution in [2.45, 2.75) is 13.8 Å². The molecule has 3 rings (SSSR count). The highest BCUT2D eigenvalue weighted by Gasteiger charge is 2.18. The van der Waals surface area contributed by atoms with Crippen LogP contribution in [-0.2, 0) is 14.4 Å². The van der Waals surface area contributed by atoms with E-state index in [-0.39, 0.29) is 0 Å². The minimum absolute atomic E-state index is 0.380. The molecule has 0 atom stereocenters. The van der Waals surface area contributed by atoms with E-state index in [0.29, 0.717) is 17.0 Å². The molecule has 0 aliphatic heterocycles. The van der Waals surface area contributed by atoms with Crippen molar-refractivity contribution in [3.05, 3.63) is 77.9 Å². The van der Waals surface area contributed by atoms with Crippen molar-refractivity contribution in [1.82, 2.24) is 0 Å². The molecule has 0 saturated heterocycles. The molecular weight excluding hydrogens is 330 g/mol. The summed E-state index contributed by atoms with van der Waals surface area (Å²) in [6, 6.07) is 20.5. The van der Waals surface area contributed by atoms with Crippen molar-refractivity contribution in [3.8, 4) is 5.75 Å². The molecule has 0 aliphatic rings. The van der Waals surface area contributed by atoms with Gasteiger partial charge in [0, 0.05) is 30.4 Å². The van der Waals surface area contributed by atoms with Crippen molar-refractivity contribution in [2.24, 2.45) is 5.16 Å². The highest BCUT2D eigenvalue weighted by atomic mass is 16.7. The lowest BCUT2D eigenvalue weighted by Gasteiger charge is -2.14. The zero-order valence-electron chi connectivity index (χ0n) is 14.4. The summed E-state index contributed by atoms with van der Waals surface area (Å²) in [5, 5.41) is 5.71. The van der Waals surface area contributed by atoms with Crippen LogP contribution >= 0.6 is 0 Å². The van der Waals surface area contributed by atoms with E-state index in [2.05, 4.69) is 5.16 Å². The molecule has 0 bridgehead atoms. The first-order chi connectivity index (χ1) is 12.6. The highest BCUT2D eigenvalue weighted by molar-refractivity contribution is 6.17. The second-order valence-electron chi connectivity index (χ2n) is 5.65. The maximum absolute atomic E-state index is 11.7. The Morgan fingerprint density at radius 2 is 1.50 bits per heavy atom. The fourth-order valence-corrected chi connectivity index (χ4v) is 2.65. The van der Waals surface area contributed by atoms with Crippen LogP contribution in [0.15, 0.2) is 71.9 Å². The van der Waals surface area contributed by atoms with Crippen LogP contribution in [0.2, 0.25) is 0 Å². The maximum atomic E-state index is 11.7. The predicted octanol–water partition coefficient (Wildman–Crippen LogP) is 4.08. The lowest BCUT2D eigenvalue weighted by molar-refractivity contribution is -0.141. The summed E-state index contributed by atoms with van der Waals surface area (Å²) in [7, 11) is 0. The van der Waals surface area contributed by atoms with E-state index >= 15 is 0 Å². The molecule has 130 valence electrons. The number of carbonyl (C=O) groups excluding carboxylic acids is 2. The number of rotatable bonds is 4. The van der Waals surface area contributed by atoms with Gasteiger partial charge in [-0.15, -0.1) is 0 Å². The summed E-state index contributed by atoms with van der Waals surface area (Å²) < 4.78 is 5.51. The molecule has 5 nitrogen and oxygen atoms in total. The number of hydrogen-bond donors (Lipinski definition) is 0. The number of ether oxygens (including phenoxy) is 1. The Bertz CT molecular complexity index is 993. The standard InChI is InChI=1S/C21H17NO4/c1-14(23)25-21-18-11-7-6-8-16(18)12-13-19(21)20(22-26-15(2)24)17-9-4-3-5-10-17/h3-13H,1-2H3/b22-20+. The Morgan fingerprint density at radius 1 is 0.808 bits per heavy atom. The number of hydrogen-bond acceptors (Lipinski definition) is 5. The Morgan fingerprint density at radius 3 is 2.19 bits per heavy atom. The number of fused-ring (bicyclic) bond motifs is 1. The summed E-state index contributed by atoms with van der Waals surface area (Å²) in [4.78, 5) is 27.9. The van der Waals surface area contributed by atoms with Crippen molar-refractivity contribution in [2.75, 3.05) is 0 Å². The largest absolute Gasteiger partial charge is 0.425 e. The Balaban J connectivity index is 2.26. The van der Waals surface area contributed by atoms with Crippen LogP contribution in [0.25, 0.3) is 10.8 Å². The highest BCUT2D eigenvalue weighted by Crippen LogP contribution is 2.32. The summed E-state index contributed by atoms with van der Waals surface area (Å²) in [6.07, 6.45) is 0. The smallest absolute Gasteiger partial charge is 0.332 e. The fourth-order valence-electron chi connectivity index (χ4n) is 2.65. The van der Waals surface area contributed by atoms with Crippen LogP contribution in [0.4, 0.5) is 0 Å². The Labute approximate surface area is 150 Å². The Kier molecular flexibility index (Phi) is 5.08. The number of oxime groups is 1. The molecule has 0 radical (unpaired) electrons. The van der Waals surface area contributed by atoms with Gasteiger partial charge in [0.05, 0.1) is 0 Å². The third-order valence-electron chi connectivity index (χ3n) is 3.69. The lowest BCUT2D eigenvalue weighted by atomic mass is 9.98. The minimum atomic E-state index is -0.534. The van der Waals surface area contributed by atoms with Crippen LogP contribution in [0.1, 0.15) is 25.0 Å². The van der Waals surface area contributed by atoms with Crippen LogP contribution in [0.3, 0.4) is 0 Å². The molecular formula is C21H17NO4. The number of esters is 1. The average Bonchev–Trinajstić information content (AvgIpc) is 2.63. The monoisotopic (exact) mass is 347 g/mol. The van der Waals surface area contributed by atoms with Gasteiger partial charge in [0.2, 0.25) is 0 Å². The minimum Gasteiger partial charge on any atom is -0.425 e. The van der Waals surface area contributed by atoms with E-state index in [1.54, 1.807) is 6.07 Å². The third-order valence-corrected chi connectivity index (χ3v) is 3.69. The van der Waals surface area contributed by atoms with Crippen molar-refractivity contribution < 1.29 is 19.2 Å². The van der Waals surface area contributed by atoms with E-state index in [0.717, 1.165) is 16.3 Å². The zero-order valence-corrected chi connectivity index (χ0v) is 14.4. The quantitative estimate of drug-likeness (QED) is 0.234. The first kappa shape index (κ1) is 17.4. The molecule has 0 saturated carbocycles. The van der Waals surface area contributed by atoms with Gasteiger partial charge >= 0.3 is 11.9 Å². The lowest BCUT2D eigenvalue weighted by Crippen LogP contribution is -2.11. The van der Waals surface area contributed by atoms with E-state index in [1.807, 2.05) is 60.7 Å². The van der Waals surface area contributed by atoms with Gasteiger partial charge in [-0.1, -0.05) is 65.8 Å². The van der Waals surface area contributed by atoms with Gasteiger partial charge in [0.25, 0.3) is 0 Å². The van der Waals surface area contributed by atoms with Crippen molar-refractivity contribution >= 4 is 28.4 Å². The molecule has 3 aromatic carbocycles. The summed E-state index contributed by atoms with van der Waals surface area (Å²) in [6.45, 7) is 2.62. The van der Waals surface area contributed by atoms with Gasteiger partial charge < -0.3 is 9.57 Å². The average molecular weight is 347 g/mol. The predicted molar refractivity (Wildman–Crippen MR) is 99.1 cm³/mol. The third kappa shape index (κ3) is 3.78. The van der Waals surface area contributed by atoms with Crippen molar-refractivity contribution in [1.29, 1.82) is 0 Å². The van der Waals surface area contributed by atoms with Gasteiger partial charge in [-0.05, 0) is 11.5 Å². The SMILES string of the molecule is CC(=O)O/N=C(\c1ccccc1)c1ccc2ccccc2c1OC(C)=O. The molecule has 0 aliphatic carbocycles. The van der Waals surface area contributed by atoms with Crippen LogP contribution in [0.5, 0.6) is 5.75 Å². The Hall–Kier alpha value is -3.47. The molecule has 0 N–H and O–H groups in total. The zero-order chi connectivity index (χ0) is 18.5. The first-order valence-electron chi connectivity index (χ1n) is 8.08. The molecule has 0 unspecified atom stereocenters. The number of carbonyl (C=O) groups is 2. The normalized spacial score (nSPS) is 11.2. The van der Waals surface area contributed by atoms with E-state index in [4.69, 9.17) is 9.57 Å². The second kappa shape index (κ2) is 7.61. The van der Waals surface area contributed by atoms with Gasteiger partial charge in [0.15, 0.2) is 0 Å². The molecule has 0 aromatic heterocycles. The van der Waals surface area contributed by atoms with E-state index in [1.165, 1.54) is 13.8 Å². The summed E-state index contributed by atoms with van der Waals surface area (Å²) >= 11 is 0. The summed E-state index contributed by atoms with van der Waals surface area (Å²) in [5.74, 6) is -0.596. The number of benzene rings is 3. The molecule has 0 fully saturated rings. The topological polar surface area (TPSA) is 65.0 Å². The first-order valence-corrected chi connectivity index (χ1v) is 8.08. The van der Waals surface area contributed by atoms with Crippen LogP contribution < -0.4 is 4.74 Å². The van der Waals surface area contributed by atoms with Gasteiger partial charge in [0.1, 0.15) is 11.5 Å². The van der Waals surface area contributed by atoms with Crippen LogP contribution in [-0.4, -0.2) is 17.7 Å².